The maximum absolute atomic E-state index is 12.3. The van der Waals surface area contributed by atoms with E-state index in [9.17, 15) is 14.9 Å². The van der Waals surface area contributed by atoms with Gasteiger partial charge in [0.05, 0.1) is 28.0 Å². The van der Waals surface area contributed by atoms with Gasteiger partial charge in [0.2, 0.25) is 12.2 Å². The van der Waals surface area contributed by atoms with Gasteiger partial charge in [-0.05, 0) is 24.3 Å². The first-order valence-electron chi connectivity index (χ1n) is 9.07. The van der Waals surface area contributed by atoms with Crippen molar-refractivity contribution in [3.05, 3.63) is 65.0 Å². The maximum Gasteiger partial charge on any atom is 0.269 e. The normalized spacial score (nSPS) is 16.1. The van der Waals surface area contributed by atoms with Gasteiger partial charge in [-0.1, -0.05) is 23.9 Å². The fourth-order valence-electron chi connectivity index (χ4n) is 3.26. The number of aromatic nitrogens is 2. The Morgan fingerprint density at radius 1 is 1.20 bits per heavy atom. The van der Waals surface area contributed by atoms with E-state index >= 15 is 0 Å². The van der Waals surface area contributed by atoms with Gasteiger partial charge in [-0.3, -0.25) is 24.5 Å². The highest BCUT2D eigenvalue weighted by Gasteiger charge is 2.32. The summed E-state index contributed by atoms with van der Waals surface area (Å²) in [4.78, 5) is 29.0. The molecule has 1 amide bonds. The monoisotopic (exact) mass is 425 g/mol. The van der Waals surface area contributed by atoms with Crippen LogP contribution in [-0.2, 0) is 4.79 Å². The molecule has 2 heterocycles. The van der Waals surface area contributed by atoms with E-state index in [-0.39, 0.29) is 23.6 Å². The highest BCUT2D eigenvalue weighted by atomic mass is 32.2. The van der Waals surface area contributed by atoms with Crippen LogP contribution in [0.15, 0.2) is 60.0 Å². The number of carbonyl (C=O) groups excluding carboxylic acids is 1. The molecule has 1 N–H and O–H groups in total. The maximum atomic E-state index is 12.3. The van der Waals surface area contributed by atoms with Crippen molar-refractivity contribution < 1.29 is 9.72 Å². The van der Waals surface area contributed by atoms with E-state index in [4.69, 9.17) is 0 Å². The molecule has 0 radical (unpaired) electrons. The third-order valence-corrected chi connectivity index (χ3v) is 5.68. The van der Waals surface area contributed by atoms with Gasteiger partial charge in [0, 0.05) is 31.9 Å². The SMILES string of the molecule is CN1N=C(SCC(=O)Nc2ccc([N+](=O)[O-])cc2)N(C)C1n1cnc2ccccc21. The number of hydrazone groups is 1. The van der Waals surface area contributed by atoms with Crippen molar-refractivity contribution in [1.82, 2.24) is 19.5 Å². The van der Waals surface area contributed by atoms with Crippen LogP contribution in [0.25, 0.3) is 11.0 Å². The Hall–Kier alpha value is -3.60. The van der Waals surface area contributed by atoms with E-state index < -0.39 is 4.92 Å². The zero-order valence-electron chi connectivity index (χ0n) is 16.3. The number of anilines is 1. The molecule has 154 valence electrons. The summed E-state index contributed by atoms with van der Waals surface area (Å²) in [7, 11) is 3.80. The number of rotatable bonds is 5. The molecule has 0 aliphatic carbocycles. The van der Waals surface area contributed by atoms with Gasteiger partial charge >= 0.3 is 0 Å². The number of benzene rings is 2. The van der Waals surface area contributed by atoms with Crippen LogP contribution in [0, 0.1) is 10.1 Å². The number of nitro benzene ring substituents is 1. The van der Waals surface area contributed by atoms with Gasteiger partial charge in [-0.25, -0.2) is 4.98 Å². The van der Waals surface area contributed by atoms with Gasteiger partial charge in [0.15, 0.2) is 5.17 Å². The lowest BCUT2D eigenvalue weighted by atomic mass is 10.3. The van der Waals surface area contributed by atoms with E-state index in [0.717, 1.165) is 11.0 Å². The Morgan fingerprint density at radius 2 is 1.93 bits per heavy atom. The second-order valence-corrected chi connectivity index (χ2v) is 7.64. The van der Waals surface area contributed by atoms with Crippen molar-refractivity contribution in [2.75, 3.05) is 25.2 Å². The summed E-state index contributed by atoms with van der Waals surface area (Å²) in [5.41, 5.74) is 2.39. The van der Waals surface area contributed by atoms with Crippen LogP contribution in [0.3, 0.4) is 0 Å². The third-order valence-electron chi connectivity index (χ3n) is 4.65. The van der Waals surface area contributed by atoms with Crippen LogP contribution in [-0.4, -0.2) is 55.3 Å². The second kappa shape index (κ2) is 8.03. The van der Waals surface area contributed by atoms with Crippen LogP contribution < -0.4 is 5.32 Å². The molecule has 1 aromatic heterocycles. The molecule has 10 nitrogen and oxygen atoms in total. The standard InChI is InChI=1S/C19H19N7O3S/c1-23-18(30-11-17(27)21-13-7-9-14(10-8-13)26(28)29)22-24(2)19(23)25-12-20-15-5-3-4-6-16(15)25/h3-10,12,19H,11H2,1-2H3,(H,21,27). The quantitative estimate of drug-likeness (QED) is 0.494. The lowest BCUT2D eigenvalue weighted by Gasteiger charge is -2.27. The minimum absolute atomic E-state index is 0.0228. The number of amidine groups is 1. The number of para-hydroxylation sites is 2. The topological polar surface area (TPSA) is 109 Å². The number of nitrogens with one attached hydrogen (secondary N) is 1. The van der Waals surface area contributed by atoms with Crippen molar-refractivity contribution in [3.8, 4) is 0 Å². The van der Waals surface area contributed by atoms with Crippen molar-refractivity contribution in [1.29, 1.82) is 0 Å². The number of thioether (sulfide) groups is 1. The Kier molecular flexibility index (Phi) is 5.27. The van der Waals surface area contributed by atoms with E-state index in [1.807, 2.05) is 52.8 Å². The summed E-state index contributed by atoms with van der Waals surface area (Å²) >= 11 is 1.32. The number of non-ortho nitro benzene ring substituents is 1. The molecule has 1 atom stereocenters. The molecule has 30 heavy (non-hydrogen) atoms. The smallest absolute Gasteiger partial charge is 0.269 e. The molecule has 2 aromatic carbocycles. The number of nitrogens with zero attached hydrogens (tertiary/aromatic N) is 6. The average Bonchev–Trinajstić information content (AvgIpc) is 3.27. The number of hydrogen-bond donors (Lipinski definition) is 1. The number of imidazole rings is 1. The average molecular weight is 425 g/mol. The van der Waals surface area contributed by atoms with Gasteiger partial charge in [-0.2, -0.15) is 0 Å². The number of amides is 1. The summed E-state index contributed by atoms with van der Waals surface area (Å²) in [6, 6.07) is 13.6. The fourth-order valence-corrected chi connectivity index (χ4v) is 4.08. The molecule has 0 bridgehead atoms. The van der Waals surface area contributed by atoms with Crippen LogP contribution in [0.2, 0.25) is 0 Å². The molecule has 4 rings (SSSR count). The van der Waals surface area contributed by atoms with Crippen LogP contribution >= 0.6 is 11.8 Å². The molecule has 0 saturated heterocycles. The first-order chi connectivity index (χ1) is 14.4. The summed E-state index contributed by atoms with van der Waals surface area (Å²) in [5, 5.41) is 20.5. The predicted octanol–water partition coefficient (Wildman–Crippen LogP) is 2.92. The lowest BCUT2D eigenvalue weighted by molar-refractivity contribution is -0.384. The van der Waals surface area contributed by atoms with Gasteiger partial charge in [0.25, 0.3) is 5.69 Å². The third kappa shape index (κ3) is 3.79. The van der Waals surface area contributed by atoms with E-state index in [1.165, 1.54) is 36.0 Å². The van der Waals surface area contributed by atoms with Crippen molar-refractivity contribution in [2.24, 2.45) is 5.10 Å². The first kappa shape index (κ1) is 19.7. The summed E-state index contributed by atoms with van der Waals surface area (Å²) in [5.74, 6) is -0.0603. The summed E-state index contributed by atoms with van der Waals surface area (Å²) in [6.45, 7) is 0. The van der Waals surface area contributed by atoms with E-state index in [0.29, 0.717) is 10.9 Å². The van der Waals surface area contributed by atoms with Crippen LogP contribution in [0.4, 0.5) is 11.4 Å². The summed E-state index contributed by atoms with van der Waals surface area (Å²) in [6.07, 6.45) is 1.60. The summed E-state index contributed by atoms with van der Waals surface area (Å²) < 4.78 is 2.03. The van der Waals surface area contributed by atoms with Gasteiger partial charge in [-0.15, -0.1) is 5.10 Å². The van der Waals surface area contributed by atoms with E-state index in [1.54, 1.807) is 6.33 Å². The Bertz CT molecular complexity index is 1130. The first-order valence-corrected chi connectivity index (χ1v) is 10.1. The number of nitro groups is 1. The number of fused-ring (bicyclic) bond motifs is 1. The molecule has 1 unspecified atom stereocenters. The second-order valence-electron chi connectivity index (χ2n) is 6.69. The van der Waals surface area contributed by atoms with Crippen molar-refractivity contribution >= 4 is 45.2 Å². The Morgan fingerprint density at radius 3 is 2.67 bits per heavy atom. The Labute approximate surface area is 176 Å². The Balaban J connectivity index is 1.38. The molecule has 3 aromatic rings. The molecule has 0 spiro atoms. The van der Waals surface area contributed by atoms with E-state index in [2.05, 4.69) is 15.4 Å². The number of hydrogen-bond acceptors (Lipinski definition) is 8. The van der Waals surface area contributed by atoms with Crippen LogP contribution in [0.5, 0.6) is 0 Å². The highest BCUT2D eigenvalue weighted by Crippen LogP contribution is 2.30. The molecular formula is C19H19N7O3S. The molecule has 0 saturated carbocycles. The molecule has 0 fully saturated rings. The van der Waals surface area contributed by atoms with Crippen molar-refractivity contribution in [3.63, 3.8) is 0 Å². The number of carbonyl (C=O) groups is 1. The van der Waals surface area contributed by atoms with Crippen LogP contribution in [0.1, 0.15) is 6.29 Å². The predicted molar refractivity (Wildman–Crippen MR) is 116 cm³/mol. The largest absolute Gasteiger partial charge is 0.325 e. The molecule has 1 aliphatic heterocycles. The highest BCUT2D eigenvalue weighted by molar-refractivity contribution is 8.14. The molecule has 11 heteroatoms. The minimum atomic E-state index is -0.480. The molecular weight excluding hydrogens is 406 g/mol. The van der Waals surface area contributed by atoms with Gasteiger partial charge < -0.3 is 10.2 Å². The minimum Gasteiger partial charge on any atom is -0.325 e. The zero-order chi connectivity index (χ0) is 21.3. The van der Waals surface area contributed by atoms with Crippen molar-refractivity contribution in [2.45, 2.75) is 6.29 Å². The fraction of sp³-hybridized carbons (Fsp3) is 0.211. The van der Waals surface area contributed by atoms with Gasteiger partial charge in [0.1, 0.15) is 0 Å². The lowest BCUT2D eigenvalue weighted by Crippen LogP contribution is -2.34. The molecule has 1 aliphatic rings. The zero-order valence-corrected chi connectivity index (χ0v) is 17.1.